The van der Waals surface area contributed by atoms with E-state index in [0.717, 1.165) is 12.8 Å². The summed E-state index contributed by atoms with van der Waals surface area (Å²) in [7, 11) is 0. The zero-order valence-corrected chi connectivity index (χ0v) is 20.1. The highest BCUT2D eigenvalue weighted by molar-refractivity contribution is 4.88. The molecule has 1 fully saturated rings. The first-order valence-corrected chi connectivity index (χ1v) is 13.1. The molecule has 0 aromatic carbocycles. The molecule has 0 unspecified atom stereocenters. The number of aliphatic hydroxyl groups excluding tert-OH is 3. The van der Waals surface area contributed by atoms with E-state index in [1.807, 2.05) is 0 Å². The largest absolute Gasteiger partial charge is 0.394 e. The topological polar surface area (TPSA) is 79.2 Å². The van der Waals surface area contributed by atoms with Crippen molar-refractivity contribution < 1.29 is 24.8 Å². The van der Waals surface area contributed by atoms with Gasteiger partial charge in [-0.1, -0.05) is 89.7 Å². The molecule has 31 heavy (non-hydrogen) atoms. The van der Waals surface area contributed by atoms with E-state index in [1.54, 1.807) is 0 Å². The molecule has 1 heterocycles. The van der Waals surface area contributed by atoms with E-state index in [0.29, 0.717) is 6.61 Å². The standard InChI is InChI=1S/C26H50O5/c1-2-3-4-5-6-7-8-9-10-11-12-13-14-15-16-17-18-19-20-30-24-22-31-26(25(24)29)23(28)21-27/h9-10,23-29H,2-8,11-22H2,1H3/b10-9+/t23-,24+,25+,26+/m1/s1. The molecule has 1 aliphatic heterocycles. The minimum atomic E-state index is -1.05. The van der Waals surface area contributed by atoms with E-state index in [1.165, 1.54) is 89.9 Å². The Balaban J connectivity index is 1.80. The second-order valence-electron chi connectivity index (χ2n) is 9.09. The van der Waals surface area contributed by atoms with Crippen LogP contribution in [0.25, 0.3) is 0 Å². The minimum absolute atomic E-state index is 0.275. The molecule has 5 heteroatoms. The number of hydrogen-bond donors (Lipinski definition) is 3. The summed E-state index contributed by atoms with van der Waals surface area (Å²) in [5.74, 6) is 0. The SMILES string of the molecule is CCCCCCCC/C=C/CCCCCCCCCCO[C@H]1CO[C@@H]([C@H](O)CO)[C@H]1O. The van der Waals surface area contributed by atoms with Crippen LogP contribution in [-0.4, -0.2) is 59.6 Å². The quantitative estimate of drug-likeness (QED) is 0.166. The normalized spacial score (nSPS) is 22.5. The van der Waals surface area contributed by atoms with Gasteiger partial charge in [0, 0.05) is 6.61 Å². The molecule has 0 aliphatic carbocycles. The molecule has 0 aromatic rings. The lowest BCUT2D eigenvalue weighted by molar-refractivity contribution is -0.0730. The Bertz CT molecular complexity index is 415. The van der Waals surface area contributed by atoms with Crippen molar-refractivity contribution in [3.8, 4) is 0 Å². The summed E-state index contributed by atoms with van der Waals surface area (Å²) < 4.78 is 11.0. The molecule has 1 saturated heterocycles. The summed E-state index contributed by atoms with van der Waals surface area (Å²) in [4.78, 5) is 0. The van der Waals surface area contributed by atoms with E-state index < -0.39 is 31.0 Å². The van der Waals surface area contributed by atoms with Gasteiger partial charge in [-0.3, -0.25) is 0 Å². The van der Waals surface area contributed by atoms with Crippen LogP contribution in [0.15, 0.2) is 12.2 Å². The molecule has 1 rings (SSSR count). The Morgan fingerprint density at radius 3 is 1.90 bits per heavy atom. The van der Waals surface area contributed by atoms with Gasteiger partial charge in [-0.15, -0.1) is 0 Å². The number of aliphatic hydroxyl groups is 3. The molecule has 184 valence electrons. The summed E-state index contributed by atoms with van der Waals surface area (Å²) in [6, 6.07) is 0. The second-order valence-corrected chi connectivity index (χ2v) is 9.09. The van der Waals surface area contributed by atoms with Gasteiger partial charge in [0.05, 0.1) is 13.2 Å². The molecule has 5 nitrogen and oxygen atoms in total. The summed E-state index contributed by atoms with van der Waals surface area (Å²) >= 11 is 0. The van der Waals surface area contributed by atoms with E-state index in [-0.39, 0.29) is 6.61 Å². The predicted molar refractivity (Wildman–Crippen MR) is 127 cm³/mol. The Labute approximate surface area is 191 Å². The third kappa shape index (κ3) is 14.3. The van der Waals surface area contributed by atoms with Crippen LogP contribution in [0, 0.1) is 0 Å². The van der Waals surface area contributed by atoms with Crippen LogP contribution in [-0.2, 0) is 9.47 Å². The maximum Gasteiger partial charge on any atom is 0.114 e. The molecule has 0 aromatic heterocycles. The van der Waals surface area contributed by atoms with Gasteiger partial charge in [-0.25, -0.2) is 0 Å². The van der Waals surface area contributed by atoms with Crippen LogP contribution in [0.2, 0.25) is 0 Å². The van der Waals surface area contributed by atoms with Crippen molar-refractivity contribution in [3.63, 3.8) is 0 Å². The van der Waals surface area contributed by atoms with Crippen molar-refractivity contribution >= 4 is 0 Å². The lowest BCUT2D eigenvalue weighted by Crippen LogP contribution is -2.41. The van der Waals surface area contributed by atoms with Crippen LogP contribution in [0.3, 0.4) is 0 Å². The highest BCUT2D eigenvalue weighted by Gasteiger charge is 2.40. The predicted octanol–water partition coefficient (Wildman–Crippen LogP) is 5.30. The summed E-state index contributed by atoms with van der Waals surface area (Å²) in [5.41, 5.74) is 0. The van der Waals surface area contributed by atoms with Crippen molar-refractivity contribution in [3.05, 3.63) is 12.2 Å². The zero-order chi connectivity index (χ0) is 22.6. The lowest BCUT2D eigenvalue weighted by atomic mass is 10.1. The number of hydrogen-bond acceptors (Lipinski definition) is 5. The Morgan fingerprint density at radius 1 is 0.839 bits per heavy atom. The highest BCUT2D eigenvalue weighted by Crippen LogP contribution is 2.20. The molecular weight excluding hydrogens is 392 g/mol. The van der Waals surface area contributed by atoms with Gasteiger partial charge in [0.15, 0.2) is 0 Å². The van der Waals surface area contributed by atoms with Crippen molar-refractivity contribution in [2.45, 2.75) is 134 Å². The van der Waals surface area contributed by atoms with Crippen LogP contribution in [0.4, 0.5) is 0 Å². The Hall–Kier alpha value is -0.460. The maximum absolute atomic E-state index is 10.1. The fourth-order valence-electron chi connectivity index (χ4n) is 4.14. The Kier molecular flexibility index (Phi) is 18.6. The average Bonchev–Trinajstić information content (AvgIpc) is 3.15. The van der Waals surface area contributed by atoms with Gasteiger partial charge in [-0.2, -0.15) is 0 Å². The zero-order valence-electron chi connectivity index (χ0n) is 20.1. The van der Waals surface area contributed by atoms with Crippen LogP contribution >= 0.6 is 0 Å². The summed E-state index contributed by atoms with van der Waals surface area (Å²) in [6.45, 7) is 2.74. The summed E-state index contributed by atoms with van der Waals surface area (Å²) in [5, 5.41) is 28.6. The number of allylic oxidation sites excluding steroid dienone is 2. The van der Waals surface area contributed by atoms with Crippen LogP contribution in [0.1, 0.15) is 110 Å². The molecule has 1 aliphatic rings. The van der Waals surface area contributed by atoms with Crippen LogP contribution < -0.4 is 0 Å². The first-order chi connectivity index (χ1) is 15.2. The van der Waals surface area contributed by atoms with Gasteiger partial charge >= 0.3 is 0 Å². The number of unbranched alkanes of at least 4 members (excludes halogenated alkanes) is 14. The van der Waals surface area contributed by atoms with E-state index in [4.69, 9.17) is 14.6 Å². The minimum Gasteiger partial charge on any atom is -0.394 e. The van der Waals surface area contributed by atoms with Gasteiger partial charge in [0.25, 0.3) is 0 Å². The molecule has 0 amide bonds. The van der Waals surface area contributed by atoms with Crippen molar-refractivity contribution in [2.24, 2.45) is 0 Å². The molecule has 4 atom stereocenters. The van der Waals surface area contributed by atoms with Gasteiger partial charge in [-0.05, 0) is 32.1 Å². The third-order valence-electron chi connectivity index (χ3n) is 6.22. The molecular formula is C26H50O5. The smallest absolute Gasteiger partial charge is 0.114 e. The first kappa shape index (κ1) is 28.6. The van der Waals surface area contributed by atoms with E-state index in [9.17, 15) is 10.2 Å². The molecule has 0 saturated carbocycles. The maximum atomic E-state index is 10.1. The van der Waals surface area contributed by atoms with Crippen molar-refractivity contribution in [1.29, 1.82) is 0 Å². The van der Waals surface area contributed by atoms with E-state index >= 15 is 0 Å². The van der Waals surface area contributed by atoms with E-state index in [2.05, 4.69) is 19.1 Å². The molecule has 0 spiro atoms. The fraction of sp³-hybridized carbons (Fsp3) is 0.923. The molecule has 0 radical (unpaired) electrons. The van der Waals surface area contributed by atoms with Gasteiger partial charge < -0.3 is 24.8 Å². The lowest BCUT2D eigenvalue weighted by Gasteiger charge is -2.20. The second kappa shape index (κ2) is 20.2. The first-order valence-electron chi connectivity index (χ1n) is 13.1. The van der Waals surface area contributed by atoms with Crippen molar-refractivity contribution in [1.82, 2.24) is 0 Å². The highest BCUT2D eigenvalue weighted by atomic mass is 16.6. The fourth-order valence-corrected chi connectivity index (χ4v) is 4.14. The average molecular weight is 443 g/mol. The number of rotatable bonds is 21. The number of ether oxygens (including phenoxy) is 2. The molecule has 0 bridgehead atoms. The molecule has 3 N–H and O–H groups in total. The van der Waals surface area contributed by atoms with Crippen LogP contribution in [0.5, 0.6) is 0 Å². The monoisotopic (exact) mass is 442 g/mol. The Morgan fingerprint density at radius 2 is 1.35 bits per heavy atom. The van der Waals surface area contributed by atoms with Crippen molar-refractivity contribution in [2.75, 3.05) is 19.8 Å². The van der Waals surface area contributed by atoms with Gasteiger partial charge in [0.1, 0.15) is 24.4 Å². The van der Waals surface area contributed by atoms with Gasteiger partial charge in [0.2, 0.25) is 0 Å². The summed E-state index contributed by atoms with van der Waals surface area (Å²) in [6.07, 6.45) is 22.4. The third-order valence-corrected chi connectivity index (χ3v) is 6.22.